The third kappa shape index (κ3) is 3.80. The third-order valence-corrected chi connectivity index (χ3v) is 6.39. The van der Waals surface area contributed by atoms with Gasteiger partial charge in [-0.15, -0.1) is 0 Å². The van der Waals surface area contributed by atoms with E-state index in [0.717, 1.165) is 52.0 Å². The van der Waals surface area contributed by atoms with E-state index in [1.807, 2.05) is 0 Å². The molecule has 1 aromatic rings. The van der Waals surface area contributed by atoms with Gasteiger partial charge in [-0.25, -0.2) is 0 Å². The van der Waals surface area contributed by atoms with Crippen molar-refractivity contribution >= 4 is 5.91 Å². The first-order valence-corrected chi connectivity index (χ1v) is 10.1. The van der Waals surface area contributed by atoms with Crippen molar-refractivity contribution < 1.29 is 9.53 Å². The first-order valence-electron chi connectivity index (χ1n) is 10.1. The van der Waals surface area contributed by atoms with Gasteiger partial charge >= 0.3 is 0 Å². The van der Waals surface area contributed by atoms with Crippen LogP contribution in [0.5, 0.6) is 0 Å². The van der Waals surface area contributed by atoms with Gasteiger partial charge in [0.1, 0.15) is 6.10 Å². The highest BCUT2D eigenvalue weighted by atomic mass is 16.5. The highest BCUT2D eigenvalue weighted by Crippen LogP contribution is 2.40. The van der Waals surface area contributed by atoms with Crippen molar-refractivity contribution in [3.63, 3.8) is 0 Å². The van der Waals surface area contributed by atoms with Crippen LogP contribution in [0, 0.1) is 5.41 Å². The number of nitrogens with two attached hydrogens (primary N) is 1. The van der Waals surface area contributed by atoms with E-state index in [2.05, 4.69) is 40.1 Å². The van der Waals surface area contributed by atoms with E-state index in [1.165, 1.54) is 18.4 Å². The molecule has 5 nitrogen and oxygen atoms in total. The van der Waals surface area contributed by atoms with Crippen LogP contribution < -0.4 is 5.73 Å². The van der Waals surface area contributed by atoms with Crippen LogP contribution in [0.15, 0.2) is 30.3 Å². The lowest BCUT2D eigenvalue weighted by Gasteiger charge is -2.40. The van der Waals surface area contributed by atoms with Crippen molar-refractivity contribution in [3.8, 4) is 0 Å². The fourth-order valence-electron chi connectivity index (χ4n) is 5.01. The summed E-state index contributed by atoms with van der Waals surface area (Å²) in [5.41, 5.74) is 7.33. The molecule has 3 atom stereocenters. The second-order valence-corrected chi connectivity index (χ2v) is 8.37. The molecule has 3 heterocycles. The van der Waals surface area contributed by atoms with Crippen molar-refractivity contribution in [1.82, 2.24) is 9.80 Å². The Morgan fingerprint density at radius 2 is 2.00 bits per heavy atom. The number of nitrogens with zero attached hydrogens (tertiary/aromatic N) is 2. The van der Waals surface area contributed by atoms with Crippen LogP contribution in [0.4, 0.5) is 0 Å². The number of hydrogen-bond acceptors (Lipinski definition) is 4. The molecule has 1 unspecified atom stereocenters. The summed E-state index contributed by atoms with van der Waals surface area (Å²) in [6.45, 7) is 5.56. The molecule has 1 aromatic carbocycles. The highest BCUT2D eigenvalue weighted by Gasteiger charge is 2.44. The van der Waals surface area contributed by atoms with Gasteiger partial charge in [0.15, 0.2) is 0 Å². The van der Waals surface area contributed by atoms with Crippen LogP contribution in [-0.4, -0.2) is 60.6 Å². The van der Waals surface area contributed by atoms with Gasteiger partial charge in [-0.3, -0.25) is 9.69 Å². The molecule has 5 heteroatoms. The van der Waals surface area contributed by atoms with Crippen molar-refractivity contribution in [2.24, 2.45) is 11.1 Å². The lowest BCUT2D eigenvalue weighted by atomic mass is 9.79. The molecule has 3 saturated heterocycles. The number of amides is 1. The van der Waals surface area contributed by atoms with E-state index in [4.69, 9.17) is 10.5 Å². The van der Waals surface area contributed by atoms with Crippen LogP contribution in [-0.2, 0) is 16.1 Å². The third-order valence-electron chi connectivity index (χ3n) is 6.39. The Kier molecular flexibility index (Phi) is 5.30. The molecule has 0 saturated carbocycles. The van der Waals surface area contributed by atoms with Crippen molar-refractivity contribution in [2.75, 3.05) is 32.7 Å². The van der Waals surface area contributed by atoms with E-state index < -0.39 is 0 Å². The van der Waals surface area contributed by atoms with E-state index in [9.17, 15) is 4.79 Å². The summed E-state index contributed by atoms with van der Waals surface area (Å²) in [5, 5.41) is 0. The van der Waals surface area contributed by atoms with Gasteiger partial charge in [-0.2, -0.15) is 0 Å². The lowest BCUT2D eigenvalue weighted by molar-refractivity contribution is -0.142. The van der Waals surface area contributed by atoms with Crippen LogP contribution in [0.3, 0.4) is 0 Å². The van der Waals surface area contributed by atoms with E-state index in [0.29, 0.717) is 6.54 Å². The Balaban J connectivity index is 1.35. The maximum absolute atomic E-state index is 12.9. The van der Waals surface area contributed by atoms with Crippen molar-refractivity contribution in [3.05, 3.63) is 35.9 Å². The molecular formula is C21H31N3O2. The summed E-state index contributed by atoms with van der Waals surface area (Å²) >= 11 is 0. The van der Waals surface area contributed by atoms with Gasteiger partial charge in [0.25, 0.3) is 5.91 Å². The predicted molar refractivity (Wildman–Crippen MR) is 102 cm³/mol. The van der Waals surface area contributed by atoms with Crippen LogP contribution in [0.25, 0.3) is 0 Å². The minimum Gasteiger partial charge on any atom is -0.364 e. The molecule has 3 fully saturated rings. The Morgan fingerprint density at radius 3 is 2.77 bits per heavy atom. The predicted octanol–water partition coefficient (Wildman–Crippen LogP) is 2.01. The standard InChI is InChI=1S/C21H31N3O2/c22-13-18-7-8-19(26-18)20(25)24-12-10-21(16-24)9-4-11-23(15-21)14-17-5-2-1-3-6-17/h1-3,5-6,18-19H,4,7-16,22H2/t18-,19+,21?/m1/s1. The van der Waals surface area contributed by atoms with E-state index in [-0.39, 0.29) is 23.5 Å². The summed E-state index contributed by atoms with van der Waals surface area (Å²) in [6.07, 6.45) is 5.13. The first kappa shape index (κ1) is 18.0. The Morgan fingerprint density at radius 1 is 1.15 bits per heavy atom. The SMILES string of the molecule is NC[C@H]1CC[C@@H](C(=O)N2CCC3(CCCN(Cc4ccccc4)C3)C2)O1. The van der Waals surface area contributed by atoms with Gasteiger partial charge in [0.05, 0.1) is 6.10 Å². The van der Waals surface area contributed by atoms with Crippen LogP contribution >= 0.6 is 0 Å². The zero-order valence-corrected chi connectivity index (χ0v) is 15.6. The highest BCUT2D eigenvalue weighted by molar-refractivity contribution is 5.81. The van der Waals surface area contributed by atoms with Gasteiger partial charge in [-0.1, -0.05) is 30.3 Å². The molecule has 3 aliphatic rings. The molecule has 4 rings (SSSR count). The average molecular weight is 357 g/mol. The normalized spacial score (nSPS) is 32.4. The molecule has 2 N–H and O–H groups in total. The largest absolute Gasteiger partial charge is 0.364 e. The smallest absolute Gasteiger partial charge is 0.251 e. The maximum atomic E-state index is 12.9. The molecule has 1 amide bonds. The number of hydrogen-bond donors (Lipinski definition) is 1. The van der Waals surface area contributed by atoms with Gasteiger partial charge in [0, 0.05) is 38.1 Å². The van der Waals surface area contributed by atoms with Crippen LogP contribution in [0.1, 0.15) is 37.7 Å². The molecule has 0 aliphatic carbocycles. The molecular weight excluding hydrogens is 326 g/mol. The molecule has 0 aromatic heterocycles. The molecule has 1 spiro atoms. The van der Waals surface area contributed by atoms with Crippen molar-refractivity contribution in [1.29, 1.82) is 0 Å². The zero-order valence-electron chi connectivity index (χ0n) is 15.6. The number of rotatable bonds is 4. The van der Waals surface area contributed by atoms with Gasteiger partial charge in [0.2, 0.25) is 0 Å². The van der Waals surface area contributed by atoms with Crippen molar-refractivity contribution in [2.45, 2.75) is 50.9 Å². The van der Waals surface area contributed by atoms with Gasteiger partial charge in [-0.05, 0) is 44.2 Å². The summed E-state index contributed by atoms with van der Waals surface area (Å²) in [6, 6.07) is 10.7. The minimum atomic E-state index is -0.261. The zero-order chi connectivity index (χ0) is 18.0. The van der Waals surface area contributed by atoms with Gasteiger partial charge < -0.3 is 15.4 Å². The Labute approximate surface area is 156 Å². The topological polar surface area (TPSA) is 58.8 Å². The summed E-state index contributed by atoms with van der Waals surface area (Å²) in [4.78, 5) is 17.5. The first-order chi connectivity index (χ1) is 12.7. The van der Waals surface area contributed by atoms with E-state index in [1.54, 1.807) is 0 Å². The minimum absolute atomic E-state index is 0.0663. The molecule has 142 valence electrons. The average Bonchev–Trinajstić information content (AvgIpc) is 3.30. The molecule has 26 heavy (non-hydrogen) atoms. The number of carbonyl (C=O) groups is 1. The number of carbonyl (C=O) groups excluding carboxylic acids is 1. The molecule has 0 bridgehead atoms. The quantitative estimate of drug-likeness (QED) is 0.896. The fourth-order valence-corrected chi connectivity index (χ4v) is 5.01. The number of piperidine rings is 1. The summed E-state index contributed by atoms with van der Waals surface area (Å²) in [5.74, 6) is 0.193. The summed E-state index contributed by atoms with van der Waals surface area (Å²) in [7, 11) is 0. The number of likely N-dealkylation sites (tertiary alicyclic amines) is 2. The second-order valence-electron chi connectivity index (χ2n) is 8.37. The van der Waals surface area contributed by atoms with Crippen LogP contribution in [0.2, 0.25) is 0 Å². The van der Waals surface area contributed by atoms with E-state index >= 15 is 0 Å². The molecule has 0 radical (unpaired) electrons. The molecule has 3 aliphatic heterocycles. The lowest BCUT2D eigenvalue weighted by Crippen LogP contribution is -2.46. The number of ether oxygens (including phenoxy) is 1. The monoisotopic (exact) mass is 357 g/mol. The summed E-state index contributed by atoms with van der Waals surface area (Å²) < 4.78 is 5.83. The second kappa shape index (κ2) is 7.67. The Bertz CT molecular complexity index is 623. The number of benzene rings is 1. The fraction of sp³-hybridized carbons (Fsp3) is 0.667. The Hall–Kier alpha value is -1.43. The maximum Gasteiger partial charge on any atom is 0.251 e.